The summed E-state index contributed by atoms with van der Waals surface area (Å²) in [5, 5.41) is 0.612. The SMILES string of the molecule is CCn1cc(F)c2ccc(C(C)C)nc21. The summed E-state index contributed by atoms with van der Waals surface area (Å²) in [6.45, 7) is 6.91. The van der Waals surface area contributed by atoms with Gasteiger partial charge in [0.25, 0.3) is 0 Å². The lowest BCUT2D eigenvalue weighted by Crippen LogP contribution is -1.97. The summed E-state index contributed by atoms with van der Waals surface area (Å²) in [7, 11) is 0. The molecule has 80 valence electrons. The minimum Gasteiger partial charge on any atom is -0.330 e. The summed E-state index contributed by atoms with van der Waals surface area (Å²) in [6, 6.07) is 3.72. The molecule has 3 heteroatoms. The van der Waals surface area contributed by atoms with Crippen LogP contribution in [0.1, 0.15) is 32.4 Å². The first kappa shape index (κ1) is 10.1. The Morgan fingerprint density at radius 3 is 2.73 bits per heavy atom. The van der Waals surface area contributed by atoms with E-state index < -0.39 is 0 Å². The molecule has 0 amide bonds. The van der Waals surface area contributed by atoms with Gasteiger partial charge in [0.2, 0.25) is 0 Å². The number of hydrogen-bond donors (Lipinski definition) is 0. The average molecular weight is 206 g/mol. The zero-order valence-corrected chi connectivity index (χ0v) is 9.29. The second-order valence-corrected chi connectivity index (χ2v) is 4.03. The minimum absolute atomic E-state index is 0.186. The van der Waals surface area contributed by atoms with Crippen LogP contribution in [0.2, 0.25) is 0 Å². The van der Waals surface area contributed by atoms with Crippen molar-refractivity contribution in [2.75, 3.05) is 0 Å². The van der Waals surface area contributed by atoms with Gasteiger partial charge in [-0.15, -0.1) is 0 Å². The summed E-state index contributed by atoms with van der Waals surface area (Å²) >= 11 is 0. The smallest absolute Gasteiger partial charge is 0.150 e. The van der Waals surface area contributed by atoms with Crippen molar-refractivity contribution in [2.24, 2.45) is 0 Å². The van der Waals surface area contributed by atoms with Crippen LogP contribution in [0.15, 0.2) is 18.3 Å². The molecule has 0 saturated carbocycles. The Morgan fingerprint density at radius 2 is 2.13 bits per heavy atom. The molecule has 2 aromatic heterocycles. The molecule has 0 unspecified atom stereocenters. The van der Waals surface area contributed by atoms with Crippen LogP contribution >= 0.6 is 0 Å². The number of fused-ring (bicyclic) bond motifs is 1. The molecular weight excluding hydrogens is 191 g/mol. The van der Waals surface area contributed by atoms with Crippen LogP contribution in [0.3, 0.4) is 0 Å². The molecule has 2 nitrogen and oxygen atoms in total. The van der Waals surface area contributed by atoms with Crippen molar-refractivity contribution in [1.29, 1.82) is 0 Å². The van der Waals surface area contributed by atoms with Gasteiger partial charge in [-0.1, -0.05) is 13.8 Å². The summed E-state index contributed by atoms with van der Waals surface area (Å²) in [4.78, 5) is 4.49. The third kappa shape index (κ3) is 1.62. The Kier molecular flexibility index (Phi) is 2.47. The van der Waals surface area contributed by atoms with E-state index in [2.05, 4.69) is 18.8 Å². The van der Waals surface area contributed by atoms with E-state index in [9.17, 15) is 4.39 Å². The number of aromatic nitrogens is 2. The van der Waals surface area contributed by atoms with Crippen molar-refractivity contribution < 1.29 is 4.39 Å². The van der Waals surface area contributed by atoms with Crippen molar-refractivity contribution in [3.63, 3.8) is 0 Å². The molecule has 0 aromatic carbocycles. The number of rotatable bonds is 2. The van der Waals surface area contributed by atoms with Crippen molar-refractivity contribution in [2.45, 2.75) is 33.2 Å². The van der Waals surface area contributed by atoms with Gasteiger partial charge in [-0.25, -0.2) is 9.37 Å². The molecular formula is C12H15FN2. The summed E-state index contributed by atoms with van der Waals surface area (Å²) in [6.07, 6.45) is 1.52. The van der Waals surface area contributed by atoms with E-state index >= 15 is 0 Å². The zero-order chi connectivity index (χ0) is 11.0. The van der Waals surface area contributed by atoms with E-state index in [0.717, 1.165) is 17.9 Å². The highest BCUT2D eigenvalue weighted by Crippen LogP contribution is 2.21. The van der Waals surface area contributed by atoms with Crippen LogP contribution in [0.4, 0.5) is 4.39 Å². The van der Waals surface area contributed by atoms with Gasteiger partial charge in [0.1, 0.15) is 11.5 Å². The van der Waals surface area contributed by atoms with Crippen LogP contribution in [0.5, 0.6) is 0 Å². The number of halogens is 1. The van der Waals surface area contributed by atoms with Gasteiger partial charge in [0, 0.05) is 18.4 Å². The molecule has 15 heavy (non-hydrogen) atoms. The second-order valence-electron chi connectivity index (χ2n) is 4.03. The average Bonchev–Trinajstić information content (AvgIpc) is 2.55. The van der Waals surface area contributed by atoms with Gasteiger partial charge in [-0.3, -0.25) is 0 Å². The van der Waals surface area contributed by atoms with E-state index in [1.807, 2.05) is 23.6 Å². The minimum atomic E-state index is -0.186. The maximum absolute atomic E-state index is 13.5. The van der Waals surface area contributed by atoms with Gasteiger partial charge < -0.3 is 4.57 Å². The molecule has 0 bridgehead atoms. The molecule has 2 heterocycles. The van der Waals surface area contributed by atoms with E-state index in [-0.39, 0.29) is 5.82 Å². The number of pyridine rings is 1. The first-order chi connectivity index (χ1) is 7.13. The molecule has 0 aliphatic heterocycles. The number of nitrogens with zero attached hydrogens (tertiary/aromatic N) is 2. The van der Waals surface area contributed by atoms with Crippen LogP contribution in [-0.4, -0.2) is 9.55 Å². The van der Waals surface area contributed by atoms with E-state index in [1.165, 1.54) is 6.20 Å². The second kappa shape index (κ2) is 3.65. The van der Waals surface area contributed by atoms with Gasteiger partial charge in [-0.05, 0) is 25.0 Å². The molecule has 2 aromatic rings. The Balaban J connectivity index is 2.68. The maximum Gasteiger partial charge on any atom is 0.150 e. The molecule has 0 saturated heterocycles. The highest BCUT2D eigenvalue weighted by atomic mass is 19.1. The first-order valence-corrected chi connectivity index (χ1v) is 5.28. The van der Waals surface area contributed by atoms with Gasteiger partial charge in [0.05, 0.1) is 5.39 Å². The zero-order valence-electron chi connectivity index (χ0n) is 9.29. The highest BCUT2D eigenvalue weighted by Gasteiger charge is 2.10. The van der Waals surface area contributed by atoms with E-state index in [1.54, 1.807) is 0 Å². The van der Waals surface area contributed by atoms with Gasteiger partial charge >= 0.3 is 0 Å². The lowest BCUT2D eigenvalue weighted by Gasteiger charge is -2.05. The van der Waals surface area contributed by atoms with E-state index in [4.69, 9.17) is 0 Å². The monoisotopic (exact) mass is 206 g/mol. The number of aryl methyl sites for hydroxylation is 1. The van der Waals surface area contributed by atoms with Crippen molar-refractivity contribution in [1.82, 2.24) is 9.55 Å². The fraction of sp³-hybridized carbons (Fsp3) is 0.417. The molecule has 0 aliphatic carbocycles. The molecule has 0 aliphatic rings. The lowest BCUT2D eigenvalue weighted by molar-refractivity contribution is 0.627. The largest absolute Gasteiger partial charge is 0.330 e. The predicted octanol–water partition coefficient (Wildman–Crippen LogP) is 3.32. The topological polar surface area (TPSA) is 17.8 Å². The fourth-order valence-corrected chi connectivity index (χ4v) is 1.70. The molecule has 2 rings (SSSR count). The Labute approximate surface area is 88.7 Å². The van der Waals surface area contributed by atoms with Crippen molar-refractivity contribution in [3.05, 3.63) is 29.8 Å². The summed E-state index contributed by atoms with van der Waals surface area (Å²) < 4.78 is 15.3. The molecule has 0 radical (unpaired) electrons. The maximum atomic E-state index is 13.5. The first-order valence-electron chi connectivity index (χ1n) is 5.28. The van der Waals surface area contributed by atoms with Crippen LogP contribution in [0.25, 0.3) is 11.0 Å². The Bertz CT molecular complexity index is 486. The third-order valence-corrected chi connectivity index (χ3v) is 2.63. The van der Waals surface area contributed by atoms with Gasteiger partial charge in [-0.2, -0.15) is 0 Å². The lowest BCUT2D eigenvalue weighted by atomic mass is 10.1. The predicted molar refractivity (Wildman–Crippen MR) is 59.5 cm³/mol. The van der Waals surface area contributed by atoms with Crippen molar-refractivity contribution >= 4 is 11.0 Å². The number of hydrogen-bond acceptors (Lipinski definition) is 1. The van der Waals surface area contributed by atoms with Crippen molar-refractivity contribution in [3.8, 4) is 0 Å². The molecule has 0 atom stereocenters. The van der Waals surface area contributed by atoms with Crippen LogP contribution in [-0.2, 0) is 6.54 Å². The summed E-state index contributed by atoms with van der Waals surface area (Å²) in [5.41, 5.74) is 1.76. The normalized spacial score (nSPS) is 11.5. The standard InChI is InChI=1S/C12H15FN2/c1-4-15-7-10(13)9-5-6-11(8(2)3)14-12(9)15/h5-8H,4H2,1-3H3. The van der Waals surface area contributed by atoms with E-state index in [0.29, 0.717) is 11.3 Å². The molecule has 0 fully saturated rings. The van der Waals surface area contributed by atoms with Crippen LogP contribution in [0, 0.1) is 5.82 Å². The molecule has 0 N–H and O–H groups in total. The third-order valence-electron chi connectivity index (χ3n) is 2.63. The summed E-state index contributed by atoms with van der Waals surface area (Å²) in [5.74, 6) is 0.187. The highest BCUT2D eigenvalue weighted by molar-refractivity contribution is 5.77. The Hall–Kier alpha value is -1.38. The Morgan fingerprint density at radius 1 is 1.40 bits per heavy atom. The molecule has 0 spiro atoms. The van der Waals surface area contributed by atoms with Crippen LogP contribution < -0.4 is 0 Å². The quantitative estimate of drug-likeness (QED) is 0.737. The van der Waals surface area contributed by atoms with Gasteiger partial charge in [0.15, 0.2) is 0 Å². The fourth-order valence-electron chi connectivity index (χ4n) is 1.70.